The van der Waals surface area contributed by atoms with Gasteiger partial charge < -0.3 is 20.3 Å². The van der Waals surface area contributed by atoms with Crippen molar-refractivity contribution in [2.45, 2.75) is 62.4 Å². The van der Waals surface area contributed by atoms with Gasteiger partial charge in [0, 0.05) is 21.6 Å². The molecule has 2 aromatic rings. The van der Waals surface area contributed by atoms with E-state index in [0.29, 0.717) is 17.3 Å². The zero-order valence-electron chi connectivity index (χ0n) is 19.7. The van der Waals surface area contributed by atoms with Crippen molar-refractivity contribution in [1.82, 2.24) is 10.2 Å². The Morgan fingerprint density at radius 3 is 2.72 bits per heavy atom. The molecule has 4 aliphatic rings. The van der Waals surface area contributed by atoms with Crippen LogP contribution in [0.2, 0.25) is 5.02 Å². The van der Waals surface area contributed by atoms with Gasteiger partial charge in [-0.25, -0.2) is 0 Å². The van der Waals surface area contributed by atoms with Gasteiger partial charge in [-0.05, 0) is 42.5 Å². The molecule has 2 bridgehead atoms. The van der Waals surface area contributed by atoms with E-state index in [9.17, 15) is 14.4 Å². The maximum atomic E-state index is 14.0. The molecule has 5 atom stereocenters. The minimum atomic E-state index is -1.16. The number of hydrogen-bond acceptors (Lipinski definition) is 5. The third-order valence-corrected chi connectivity index (χ3v) is 8.97. The van der Waals surface area contributed by atoms with Crippen molar-refractivity contribution < 1.29 is 19.1 Å². The predicted molar refractivity (Wildman–Crippen MR) is 137 cm³/mol. The highest BCUT2D eigenvalue weighted by Crippen LogP contribution is 2.55. The summed E-state index contributed by atoms with van der Waals surface area (Å²) < 4.78 is 6.40. The second kappa shape index (κ2) is 9.32. The highest BCUT2D eigenvalue weighted by Gasteiger charge is 2.72. The van der Waals surface area contributed by atoms with E-state index in [1.807, 2.05) is 29.7 Å². The Bertz CT molecular complexity index is 1210. The first kappa shape index (κ1) is 23.7. The molecular formula is C27H28ClN3O4S. The van der Waals surface area contributed by atoms with Crippen LogP contribution < -0.4 is 10.6 Å². The third-order valence-electron chi connectivity index (χ3n) is 7.88. The molecule has 3 amide bonds. The highest BCUT2D eigenvalue weighted by atomic mass is 35.5. The van der Waals surface area contributed by atoms with Crippen LogP contribution in [0.15, 0.2) is 53.9 Å². The highest BCUT2D eigenvalue weighted by molar-refractivity contribution is 7.09. The fourth-order valence-electron chi connectivity index (χ4n) is 6.33. The minimum Gasteiger partial charge on any atom is -0.359 e. The molecular weight excluding hydrogens is 498 g/mol. The summed E-state index contributed by atoms with van der Waals surface area (Å²) in [5.41, 5.74) is -0.602. The van der Waals surface area contributed by atoms with Crippen LogP contribution >= 0.6 is 22.9 Å². The van der Waals surface area contributed by atoms with Crippen LogP contribution in [0.5, 0.6) is 0 Å². The molecule has 0 radical (unpaired) electrons. The summed E-state index contributed by atoms with van der Waals surface area (Å²) in [5.74, 6) is -2.23. The zero-order chi connectivity index (χ0) is 24.9. The molecule has 3 aliphatic heterocycles. The number of halogens is 1. The van der Waals surface area contributed by atoms with E-state index >= 15 is 0 Å². The number of benzene rings is 1. The number of fused-ring (bicyclic) bond motifs is 1. The van der Waals surface area contributed by atoms with Crippen molar-refractivity contribution in [2.75, 3.05) is 5.32 Å². The number of rotatable bonds is 6. The number of anilines is 1. The molecule has 3 fully saturated rings. The first-order valence-electron chi connectivity index (χ1n) is 12.5. The van der Waals surface area contributed by atoms with Crippen LogP contribution in [0.3, 0.4) is 0 Å². The van der Waals surface area contributed by atoms with Crippen LogP contribution in [0.4, 0.5) is 5.69 Å². The lowest BCUT2D eigenvalue weighted by Crippen LogP contribution is -2.56. The molecule has 1 aromatic carbocycles. The number of nitrogens with zero attached hydrogens (tertiary/aromatic N) is 1. The van der Waals surface area contributed by atoms with Gasteiger partial charge in [0.25, 0.3) is 0 Å². The normalized spacial score (nSPS) is 31.0. The Hall–Kier alpha value is -2.68. The molecule has 188 valence electrons. The third kappa shape index (κ3) is 3.96. The lowest BCUT2D eigenvalue weighted by Gasteiger charge is -2.34. The Balaban J connectivity index is 1.32. The van der Waals surface area contributed by atoms with Crippen LogP contribution in [0.25, 0.3) is 0 Å². The summed E-state index contributed by atoms with van der Waals surface area (Å²) in [4.78, 5) is 43.8. The SMILES string of the molecule is O=C(Nc1cccc(Cl)c1)C1C2C=CC3(O2)C1C(=O)N(Cc1cccs1)C3C(=O)NC1CCCCC1. The van der Waals surface area contributed by atoms with Crippen LogP contribution in [-0.4, -0.2) is 46.4 Å². The maximum absolute atomic E-state index is 14.0. The van der Waals surface area contributed by atoms with Crippen molar-refractivity contribution in [3.63, 3.8) is 0 Å². The molecule has 5 unspecified atom stereocenters. The Labute approximate surface area is 218 Å². The van der Waals surface area contributed by atoms with E-state index in [0.717, 1.165) is 30.6 Å². The topological polar surface area (TPSA) is 87.7 Å². The predicted octanol–water partition coefficient (Wildman–Crippen LogP) is 4.14. The van der Waals surface area contributed by atoms with Crippen molar-refractivity contribution in [1.29, 1.82) is 0 Å². The molecule has 7 nitrogen and oxygen atoms in total. The standard InChI is InChI=1S/C27H28ClN3O4S/c28-16-6-4-9-18(14-16)30-24(32)21-20-11-12-27(35-20)22(21)26(34)31(15-19-10-5-13-36-19)23(27)25(33)29-17-7-2-1-3-8-17/h4-6,9-14,17,20-23H,1-3,7-8,15H2,(H,29,33)(H,30,32). The molecule has 1 saturated carbocycles. The second-order valence-corrected chi connectivity index (χ2v) is 11.6. The Morgan fingerprint density at radius 2 is 1.97 bits per heavy atom. The van der Waals surface area contributed by atoms with Gasteiger partial charge in [0.15, 0.2) is 0 Å². The lowest BCUT2D eigenvalue weighted by atomic mass is 9.74. The van der Waals surface area contributed by atoms with Crippen molar-refractivity contribution in [2.24, 2.45) is 11.8 Å². The summed E-state index contributed by atoms with van der Waals surface area (Å²) in [6.07, 6.45) is 8.37. The number of hydrogen-bond donors (Lipinski definition) is 2. The number of thiophene rings is 1. The number of likely N-dealkylation sites (tertiary alicyclic amines) is 1. The van der Waals surface area contributed by atoms with Gasteiger partial charge in [-0.2, -0.15) is 0 Å². The van der Waals surface area contributed by atoms with E-state index in [-0.39, 0.29) is 23.8 Å². The van der Waals surface area contributed by atoms with Crippen molar-refractivity contribution in [3.05, 3.63) is 63.8 Å². The summed E-state index contributed by atoms with van der Waals surface area (Å²) in [6.45, 7) is 0.308. The summed E-state index contributed by atoms with van der Waals surface area (Å²) in [7, 11) is 0. The van der Waals surface area contributed by atoms with E-state index in [2.05, 4.69) is 10.6 Å². The fraction of sp³-hybridized carbons (Fsp3) is 0.444. The van der Waals surface area contributed by atoms with E-state index < -0.39 is 29.6 Å². The Morgan fingerprint density at radius 1 is 1.14 bits per heavy atom. The molecule has 4 heterocycles. The van der Waals surface area contributed by atoms with Crippen LogP contribution in [-0.2, 0) is 25.7 Å². The van der Waals surface area contributed by atoms with E-state index in [1.165, 1.54) is 6.42 Å². The fourth-order valence-corrected chi connectivity index (χ4v) is 7.22. The van der Waals surface area contributed by atoms with Crippen LogP contribution in [0, 0.1) is 11.8 Å². The summed E-state index contributed by atoms with van der Waals surface area (Å²) in [6, 6.07) is 10.1. The maximum Gasteiger partial charge on any atom is 0.246 e. The minimum absolute atomic E-state index is 0.102. The van der Waals surface area contributed by atoms with Crippen molar-refractivity contribution >= 4 is 46.3 Å². The molecule has 1 aliphatic carbocycles. The molecule has 2 saturated heterocycles. The van der Waals surface area contributed by atoms with Gasteiger partial charge in [0.1, 0.15) is 11.6 Å². The average Bonchev–Trinajstić information content (AvgIpc) is 3.63. The quantitative estimate of drug-likeness (QED) is 0.555. The summed E-state index contributed by atoms with van der Waals surface area (Å²) in [5, 5.41) is 8.58. The van der Waals surface area contributed by atoms with Gasteiger partial charge in [0.05, 0.1) is 24.5 Å². The van der Waals surface area contributed by atoms with Gasteiger partial charge >= 0.3 is 0 Å². The van der Waals surface area contributed by atoms with Gasteiger partial charge in [0.2, 0.25) is 17.7 Å². The van der Waals surface area contributed by atoms with E-state index in [4.69, 9.17) is 16.3 Å². The molecule has 1 aromatic heterocycles. The Kier molecular flexibility index (Phi) is 6.14. The number of carbonyl (C=O) groups excluding carboxylic acids is 3. The summed E-state index contributed by atoms with van der Waals surface area (Å²) >= 11 is 7.63. The van der Waals surface area contributed by atoms with Crippen molar-refractivity contribution in [3.8, 4) is 0 Å². The zero-order valence-corrected chi connectivity index (χ0v) is 21.3. The molecule has 2 N–H and O–H groups in total. The molecule has 6 rings (SSSR count). The number of carbonyl (C=O) groups is 3. The largest absolute Gasteiger partial charge is 0.359 e. The van der Waals surface area contributed by atoms with Crippen LogP contribution in [0.1, 0.15) is 37.0 Å². The molecule has 1 spiro atoms. The number of nitrogens with one attached hydrogen (secondary N) is 2. The average molecular weight is 526 g/mol. The smallest absolute Gasteiger partial charge is 0.246 e. The lowest BCUT2D eigenvalue weighted by molar-refractivity contribution is -0.142. The van der Waals surface area contributed by atoms with Gasteiger partial charge in [-0.15, -0.1) is 11.3 Å². The first-order valence-corrected chi connectivity index (χ1v) is 13.8. The van der Waals surface area contributed by atoms with Gasteiger partial charge in [-0.3, -0.25) is 14.4 Å². The van der Waals surface area contributed by atoms with Gasteiger partial charge in [-0.1, -0.05) is 55.1 Å². The second-order valence-electron chi connectivity index (χ2n) is 10.1. The number of ether oxygens (including phenoxy) is 1. The molecule has 36 heavy (non-hydrogen) atoms. The first-order chi connectivity index (χ1) is 17.5. The van der Waals surface area contributed by atoms with E-state index in [1.54, 1.807) is 40.5 Å². The number of amides is 3. The monoisotopic (exact) mass is 525 g/mol. The molecule has 9 heteroatoms.